The van der Waals surface area contributed by atoms with Crippen LogP contribution in [0.2, 0.25) is 0 Å². The zero-order valence-electron chi connectivity index (χ0n) is 10.4. The lowest BCUT2D eigenvalue weighted by molar-refractivity contribution is 0.0747. The van der Waals surface area contributed by atoms with Crippen molar-refractivity contribution < 1.29 is 13.2 Å². The number of hydrogen-bond acceptors (Lipinski definition) is 4. The van der Waals surface area contributed by atoms with E-state index < -0.39 is 9.84 Å². The molecular weight excluding hydrogens is 369 g/mol. The van der Waals surface area contributed by atoms with Crippen LogP contribution in [0.5, 0.6) is 0 Å². The molecule has 6 nitrogen and oxygen atoms in total. The fraction of sp³-hybridized carbons (Fsp3) is 0.900. The van der Waals surface area contributed by atoms with Gasteiger partial charge in [-0.15, -0.1) is 24.0 Å². The van der Waals surface area contributed by atoms with E-state index >= 15 is 0 Å². The highest BCUT2D eigenvalue weighted by Gasteiger charge is 2.26. The number of aliphatic imine (C=N–C) groups is 1. The van der Waals surface area contributed by atoms with Crippen LogP contribution in [0.1, 0.15) is 12.8 Å². The number of rotatable bonds is 3. The van der Waals surface area contributed by atoms with Crippen LogP contribution in [0.25, 0.3) is 0 Å². The molecule has 2 aliphatic rings. The van der Waals surface area contributed by atoms with Crippen molar-refractivity contribution in [3.8, 4) is 0 Å². The van der Waals surface area contributed by atoms with Crippen molar-refractivity contribution in [2.24, 2.45) is 4.99 Å². The summed E-state index contributed by atoms with van der Waals surface area (Å²) in [6.07, 6.45) is 2.08. The van der Waals surface area contributed by atoms with Crippen LogP contribution in [0.3, 0.4) is 0 Å². The van der Waals surface area contributed by atoms with Crippen molar-refractivity contribution in [2.45, 2.75) is 25.0 Å². The summed E-state index contributed by atoms with van der Waals surface area (Å²) in [5.74, 6) is 0.956. The molecule has 1 heterocycles. The standard InChI is InChI=1S/C10H19N3O3S.HI/c1-11-10(13-8-2-3-8)12-6-9-7-17(14,15)5-4-16-9;/h8-9H,2-7H2,1H3,(H2,11,12,13);1H. The Morgan fingerprint density at radius 3 is 2.72 bits per heavy atom. The molecule has 2 rings (SSSR count). The van der Waals surface area contributed by atoms with Gasteiger partial charge in [0.05, 0.1) is 24.2 Å². The van der Waals surface area contributed by atoms with E-state index in [0.717, 1.165) is 5.96 Å². The molecule has 1 saturated carbocycles. The van der Waals surface area contributed by atoms with Gasteiger partial charge < -0.3 is 15.4 Å². The lowest BCUT2D eigenvalue weighted by atomic mass is 10.4. The number of nitrogens with zero attached hydrogens (tertiary/aromatic N) is 1. The van der Waals surface area contributed by atoms with Crippen molar-refractivity contribution in [1.82, 2.24) is 10.6 Å². The highest BCUT2D eigenvalue weighted by Crippen LogP contribution is 2.18. The Morgan fingerprint density at radius 2 is 2.17 bits per heavy atom. The van der Waals surface area contributed by atoms with Gasteiger partial charge in [-0.2, -0.15) is 0 Å². The van der Waals surface area contributed by atoms with Crippen molar-refractivity contribution in [1.29, 1.82) is 0 Å². The molecule has 0 spiro atoms. The smallest absolute Gasteiger partial charge is 0.191 e. The van der Waals surface area contributed by atoms with E-state index in [2.05, 4.69) is 15.6 Å². The van der Waals surface area contributed by atoms with Crippen molar-refractivity contribution in [3.63, 3.8) is 0 Å². The largest absolute Gasteiger partial charge is 0.374 e. The predicted octanol–water partition coefficient (Wildman–Crippen LogP) is -0.255. The monoisotopic (exact) mass is 389 g/mol. The molecule has 18 heavy (non-hydrogen) atoms. The minimum atomic E-state index is -2.92. The summed E-state index contributed by atoms with van der Waals surface area (Å²) in [6.45, 7) is 0.773. The molecule has 0 bridgehead atoms. The number of halogens is 1. The van der Waals surface area contributed by atoms with E-state index in [0.29, 0.717) is 19.2 Å². The Hall–Kier alpha value is -0.0900. The second kappa shape index (κ2) is 6.90. The summed E-state index contributed by atoms with van der Waals surface area (Å²) in [6, 6.07) is 0.525. The molecule has 1 aliphatic heterocycles. The molecule has 1 unspecified atom stereocenters. The molecule has 2 fully saturated rings. The van der Waals surface area contributed by atoms with Crippen LogP contribution < -0.4 is 10.6 Å². The minimum absolute atomic E-state index is 0. The van der Waals surface area contributed by atoms with E-state index in [-0.39, 0.29) is 41.6 Å². The van der Waals surface area contributed by atoms with E-state index in [9.17, 15) is 8.42 Å². The summed E-state index contributed by atoms with van der Waals surface area (Å²) in [4.78, 5) is 4.08. The summed E-state index contributed by atoms with van der Waals surface area (Å²) < 4.78 is 28.2. The third kappa shape index (κ3) is 5.27. The van der Waals surface area contributed by atoms with Crippen molar-refractivity contribution in [2.75, 3.05) is 31.7 Å². The average molecular weight is 389 g/mol. The Labute approximate surface area is 125 Å². The number of hydrogen-bond donors (Lipinski definition) is 2. The molecular formula is C10H20IN3O3S. The molecule has 0 amide bonds. The van der Waals surface area contributed by atoms with Crippen molar-refractivity contribution >= 4 is 39.8 Å². The fourth-order valence-corrected chi connectivity index (χ4v) is 3.00. The van der Waals surface area contributed by atoms with E-state index in [4.69, 9.17) is 4.74 Å². The lowest BCUT2D eigenvalue weighted by Crippen LogP contribution is -2.46. The Kier molecular flexibility index (Phi) is 6.12. The first kappa shape index (κ1) is 16.0. The normalized spacial score (nSPS) is 27.2. The number of sulfone groups is 1. The van der Waals surface area contributed by atoms with Crippen LogP contribution in [-0.4, -0.2) is 58.2 Å². The van der Waals surface area contributed by atoms with Crippen LogP contribution in [0.15, 0.2) is 4.99 Å². The van der Waals surface area contributed by atoms with Gasteiger partial charge in [0.1, 0.15) is 0 Å². The average Bonchev–Trinajstić information content (AvgIpc) is 3.06. The fourth-order valence-electron chi connectivity index (χ4n) is 1.70. The molecule has 1 aliphatic carbocycles. The zero-order chi connectivity index (χ0) is 12.3. The zero-order valence-corrected chi connectivity index (χ0v) is 13.5. The Bertz CT molecular complexity index is 395. The van der Waals surface area contributed by atoms with Crippen molar-refractivity contribution in [3.05, 3.63) is 0 Å². The van der Waals surface area contributed by atoms with E-state index in [1.807, 2.05) is 0 Å². The molecule has 1 atom stereocenters. The number of nitrogens with one attached hydrogen (secondary N) is 2. The van der Waals surface area contributed by atoms with Crippen LogP contribution in [-0.2, 0) is 14.6 Å². The number of guanidine groups is 1. The van der Waals surface area contributed by atoms with Crippen LogP contribution in [0, 0.1) is 0 Å². The molecule has 0 radical (unpaired) electrons. The van der Waals surface area contributed by atoms with E-state index in [1.54, 1.807) is 7.05 Å². The highest BCUT2D eigenvalue weighted by atomic mass is 127. The van der Waals surface area contributed by atoms with Crippen LogP contribution >= 0.6 is 24.0 Å². The van der Waals surface area contributed by atoms with Gasteiger partial charge in [0.25, 0.3) is 0 Å². The van der Waals surface area contributed by atoms with E-state index in [1.165, 1.54) is 12.8 Å². The van der Waals surface area contributed by atoms with Gasteiger partial charge in [-0.3, -0.25) is 4.99 Å². The molecule has 0 aromatic heterocycles. The topological polar surface area (TPSA) is 79.8 Å². The SMILES string of the molecule is CN=C(NCC1CS(=O)(=O)CCO1)NC1CC1.I. The maximum absolute atomic E-state index is 11.4. The molecule has 106 valence electrons. The maximum atomic E-state index is 11.4. The quantitative estimate of drug-likeness (QED) is 0.395. The number of ether oxygens (including phenoxy) is 1. The molecule has 8 heteroatoms. The molecule has 0 aromatic rings. The summed E-state index contributed by atoms with van der Waals surface area (Å²) in [7, 11) is -1.22. The third-order valence-corrected chi connectivity index (χ3v) is 4.50. The predicted molar refractivity (Wildman–Crippen MR) is 81.3 cm³/mol. The Balaban J connectivity index is 0.00000162. The van der Waals surface area contributed by atoms with Gasteiger partial charge in [0.2, 0.25) is 0 Å². The van der Waals surface area contributed by atoms with Gasteiger partial charge in [-0.05, 0) is 12.8 Å². The summed E-state index contributed by atoms with van der Waals surface area (Å²) in [5, 5.41) is 6.33. The van der Waals surface area contributed by atoms with Gasteiger partial charge in [-0.25, -0.2) is 8.42 Å². The maximum Gasteiger partial charge on any atom is 0.191 e. The summed E-state index contributed by atoms with van der Waals surface area (Å²) in [5.41, 5.74) is 0. The first-order chi connectivity index (χ1) is 8.09. The highest BCUT2D eigenvalue weighted by molar-refractivity contribution is 14.0. The van der Waals surface area contributed by atoms with Gasteiger partial charge >= 0.3 is 0 Å². The first-order valence-corrected chi connectivity index (χ1v) is 7.70. The Morgan fingerprint density at radius 1 is 1.44 bits per heavy atom. The van der Waals surface area contributed by atoms with Gasteiger partial charge in [-0.1, -0.05) is 0 Å². The molecule has 2 N–H and O–H groups in total. The molecule has 0 aromatic carbocycles. The summed E-state index contributed by atoms with van der Waals surface area (Å²) >= 11 is 0. The van der Waals surface area contributed by atoms with Gasteiger partial charge in [0, 0.05) is 19.6 Å². The third-order valence-electron chi connectivity index (χ3n) is 2.83. The minimum Gasteiger partial charge on any atom is -0.374 e. The second-order valence-corrected chi connectivity index (χ2v) is 6.71. The lowest BCUT2D eigenvalue weighted by Gasteiger charge is -2.23. The van der Waals surface area contributed by atoms with Gasteiger partial charge in [0.15, 0.2) is 15.8 Å². The molecule has 1 saturated heterocycles. The van der Waals surface area contributed by atoms with Crippen LogP contribution in [0.4, 0.5) is 0 Å². The first-order valence-electron chi connectivity index (χ1n) is 5.88. The second-order valence-electron chi connectivity index (χ2n) is 4.48.